The van der Waals surface area contributed by atoms with E-state index in [1.54, 1.807) is 0 Å². The van der Waals surface area contributed by atoms with E-state index in [0.29, 0.717) is 11.8 Å². The Morgan fingerprint density at radius 2 is 1.94 bits per heavy atom. The highest BCUT2D eigenvalue weighted by Gasteiger charge is 2.43. The number of carboxylic acid groups (broad SMARTS) is 2. The van der Waals surface area contributed by atoms with E-state index in [-0.39, 0.29) is 11.8 Å². The maximum atomic E-state index is 10.9. The fraction of sp³-hybridized carbons (Fsp3) is 0.583. The van der Waals surface area contributed by atoms with Gasteiger partial charge in [0.15, 0.2) is 5.89 Å². The summed E-state index contributed by atoms with van der Waals surface area (Å²) >= 11 is 0. The Hall–Kier alpha value is -1.85. The molecule has 6 heteroatoms. The molecule has 18 heavy (non-hydrogen) atoms. The number of nitrogens with zero attached hydrogens (tertiary/aromatic N) is 1. The van der Waals surface area contributed by atoms with Gasteiger partial charge in [-0.05, 0) is 31.1 Å². The van der Waals surface area contributed by atoms with Crippen molar-refractivity contribution in [1.82, 2.24) is 4.98 Å². The largest absolute Gasteiger partial charge is 0.476 e. The lowest BCUT2D eigenvalue weighted by Crippen LogP contribution is -2.09. The third-order valence-corrected chi connectivity index (χ3v) is 4.10. The van der Waals surface area contributed by atoms with Crippen LogP contribution >= 0.6 is 0 Å². The Bertz CT molecular complexity index is 489. The fourth-order valence-electron chi connectivity index (χ4n) is 3.33. The van der Waals surface area contributed by atoms with Gasteiger partial charge in [0.25, 0.3) is 0 Å². The molecule has 1 heterocycles. The minimum Gasteiger partial charge on any atom is -0.476 e. The van der Waals surface area contributed by atoms with Crippen molar-refractivity contribution in [2.45, 2.75) is 31.6 Å². The molecule has 6 nitrogen and oxygen atoms in total. The molecule has 0 spiro atoms. The van der Waals surface area contributed by atoms with Crippen LogP contribution in [0.1, 0.15) is 58.5 Å². The van der Waals surface area contributed by atoms with Crippen LogP contribution in [0.3, 0.4) is 0 Å². The molecular weight excluding hydrogens is 238 g/mol. The number of aromatic carboxylic acids is 2. The van der Waals surface area contributed by atoms with E-state index < -0.39 is 23.4 Å². The lowest BCUT2D eigenvalue weighted by molar-refractivity contribution is 0.0622. The highest BCUT2D eigenvalue weighted by molar-refractivity contribution is 5.98. The first-order chi connectivity index (χ1) is 8.56. The molecule has 2 N–H and O–H groups in total. The standard InChI is InChI=1S/C12H13NO5/c14-11(15)8-9(12(16)17)18-10(13-8)7-4-5-1-2-6(7)3-5/h5-7H,1-4H2,(H,14,15)(H,16,17). The van der Waals surface area contributed by atoms with E-state index in [9.17, 15) is 9.59 Å². The number of carboxylic acids is 2. The van der Waals surface area contributed by atoms with Gasteiger partial charge in [0.2, 0.25) is 11.5 Å². The van der Waals surface area contributed by atoms with Gasteiger partial charge in [-0.25, -0.2) is 14.6 Å². The number of fused-ring (bicyclic) bond motifs is 2. The highest BCUT2D eigenvalue weighted by atomic mass is 16.4. The molecule has 0 saturated heterocycles. The Labute approximate surface area is 103 Å². The predicted octanol–water partition coefficient (Wildman–Crippen LogP) is 1.97. The van der Waals surface area contributed by atoms with Crippen molar-refractivity contribution >= 4 is 11.9 Å². The molecule has 0 amide bonds. The van der Waals surface area contributed by atoms with Crippen LogP contribution in [-0.4, -0.2) is 27.1 Å². The average Bonchev–Trinajstić information content (AvgIpc) is 3.02. The first kappa shape index (κ1) is 11.3. The normalized spacial score (nSPS) is 29.7. The van der Waals surface area contributed by atoms with E-state index in [1.807, 2.05) is 0 Å². The van der Waals surface area contributed by atoms with Gasteiger partial charge in [0.1, 0.15) is 0 Å². The zero-order valence-electron chi connectivity index (χ0n) is 9.63. The quantitative estimate of drug-likeness (QED) is 0.851. The van der Waals surface area contributed by atoms with Gasteiger partial charge < -0.3 is 14.6 Å². The van der Waals surface area contributed by atoms with Crippen LogP contribution < -0.4 is 0 Å². The van der Waals surface area contributed by atoms with Crippen molar-refractivity contribution in [2.24, 2.45) is 11.8 Å². The third-order valence-electron chi connectivity index (χ3n) is 4.10. The van der Waals surface area contributed by atoms with Gasteiger partial charge >= 0.3 is 11.9 Å². The van der Waals surface area contributed by atoms with Crippen LogP contribution in [0.15, 0.2) is 4.42 Å². The van der Waals surface area contributed by atoms with Crippen LogP contribution in [0.25, 0.3) is 0 Å². The molecular formula is C12H13NO5. The summed E-state index contributed by atoms with van der Waals surface area (Å²) in [5, 5.41) is 17.8. The summed E-state index contributed by atoms with van der Waals surface area (Å²) in [6, 6.07) is 0. The number of hydrogen-bond acceptors (Lipinski definition) is 4. The van der Waals surface area contributed by atoms with Crippen molar-refractivity contribution in [1.29, 1.82) is 0 Å². The molecule has 0 aliphatic heterocycles. The number of carbonyl (C=O) groups is 2. The fourth-order valence-corrected chi connectivity index (χ4v) is 3.33. The smallest absolute Gasteiger partial charge is 0.374 e. The van der Waals surface area contributed by atoms with Gasteiger partial charge in [-0.15, -0.1) is 0 Å². The molecule has 2 bridgehead atoms. The Morgan fingerprint density at radius 1 is 1.17 bits per heavy atom. The number of rotatable bonds is 3. The van der Waals surface area contributed by atoms with E-state index in [2.05, 4.69) is 4.98 Å². The molecule has 2 aliphatic rings. The number of oxazole rings is 1. The van der Waals surface area contributed by atoms with Crippen LogP contribution in [-0.2, 0) is 0 Å². The van der Waals surface area contributed by atoms with Gasteiger partial charge in [0, 0.05) is 5.92 Å². The number of aromatic nitrogens is 1. The molecule has 2 fully saturated rings. The monoisotopic (exact) mass is 251 g/mol. The summed E-state index contributed by atoms with van der Waals surface area (Å²) in [4.78, 5) is 25.7. The Morgan fingerprint density at radius 3 is 2.39 bits per heavy atom. The lowest BCUT2D eigenvalue weighted by atomic mass is 9.89. The van der Waals surface area contributed by atoms with Crippen molar-refractivity contribution in [2.75, 3.05) is 0 Å². The van der Waals surface area contributed by atoms with E-state index in [0.717, 1.165) is 19.3 Å². The summed E-state index contributed by atoms with van der Waals surface area (Å²) in [6.07, 6.45) is 4.36. The lowest BCUT2D eigenvalue weighted by Gasteiger charge is -2.17. The van der Waals surface area contributed by atoms with E-state index in [4.69, 9.17) is 14.6 Å². The maximum Gasteiger partial charge on any atom is 0.374 e. The molecule has 3 atom stereocenters. The van der Waals surface area contributed by atoms with Gasteiger partial charge in [-0.3, -0.25) is 0 Å². The predicted molar refractivity (Wildman–Crippen MR) is 58.6 cm³/mol. The topological polar surface area (TPSA) is 101 Å². The second kappa shape index (κ2) is 3.83. The zero-order valence-corrected chi connectivity index (χ0v) is 9.63. The second-order valence-corrected chi connectivity index (χ2v) is 5.12. The summed E-state index contributed by atoms with van der Waals surface area (Å²) in [6.45, 7) is 0. The van der Waals surface area contributed by atoms with Crippen LogP contribution in [0.4, 0.5) is 0 Å². The summed E-state index contributed by atoms with van der Waals surface area (Å²) in [5.74, 6) is -1.78. The minimum absolute atomic E-state index is 0.0925. The molecule has 2 aliphatic carbocycles. The molecule has 2 saturated carbocycles. The molecule has 0 aromatic carbocycles. The number of hydrogen-bond donors (Lipinski definition) is 2. The van der Waals surface area contributed by atoms with Gasteiger partial charge in [-0.2, -0.15) is 0 Å². The van der Waals surface area contributed by atoms with Crippen molar-refractivity contribution in [3.05, 3.63) is 17.3 Å². The van der Waals surface area contributed by atoms with Crippen LogP contribution in [0.2, 0.25) is 0 Å². The average molecular weight is 251 g/mol. The first-order valence-electron chi connectivity index (χ1n) is 6.03. The third kappa shape index (κ3) is 1.60. The second-order valence-electron chi connectivity index (χ2n) is 5.12. The SMILES string of the molecule is O=C(O)c1nc(C2CC3CCC2C3)oc1C(=O)O. The zero-order chi connectivity index (χ0) is 12.9. The highest BCUT2D eigenvalue weighted by Crippen LogP contribution is 2.52. The summed E-state index contributed by atoms with van der Waals surface area (Å²) in [5.41, 5.74) is -0.486. The van der Waals surface area contributed by atoms with Crippen molar-refractivity contribution in [3.8, 4) is 0 Å². The molecule has 96 valence electrons. The Balaban J connectivity index is 1.96. The molecule has 3 rings (SSSR count). The van der Waals surface area contributed by atoms with Crippen molar-refractivity contribution < 1.29 is 24.2 Å². The maximum absolute atomic E-state index is 10.9. The van der Waals surface area contributed by atoms with Gasteiger partial charge in [0.05, 0.1) is 0 Å². The first-order valence-corrected chi connectivity index (χ1v) is 6.03. The Kier molecular flexibility index (Phi) is 2.39. The molecule has 0 radical (unpaired) electrons. The molecule has 1 aromatic heterocycles. The van der Waals surface area contributed by atoms with Gasteiger partial charge in [-0.1, -0.05) is 6.42 Å². The van der Waals surface area contributed by atoms with Crippen LogP contribution in [0, 0.1) is 11.8 Å². The summed E-state index contributed by atoms with van der Waals surface area (Å²) in [7, 11) is 0. The van der Waals surface area contributed by atoms with E-state index in [1.165, 1.54) is 6.42 Å². The minimum atomic E-state index is -1.38. The molecule has 3 unspecified atom stereocenters. The van der Waals surface area contributed by atoms with E-state index >= 15 is 0 Å². The molecule has 1 aromatic rings. The van der Waals surface area contributed by atoms with Crippen molar-refractivity contribution in [3.63, 3.8) is 0 Å². The summed E-state index contributed by atoms with van der Waals surface area (Å²) < 4.78 is 5.18. The van der Waals surface area contributed by atoms with Crippen LogP contribution in [0.5, 0.6) is 0 Å².